The number of hydrazone groups is 1. The van der Waals surface area contributed by atoms with E-state index in [2.05, 4.69) is 15.1 Å². The summed E-state index contributed by atoms with van der Waals surface area (Å²) in [6, 6.07) is 23.2. The molecule has 0 aliphatic heterocycles. The van der Waals surface area contributed by atoms with Gasteiger partial charge in [-0.1, -0.05) is 36.4 Å². The van der Waals surface area contributed by atoms with E-state index in [0.29, 0.717) is 17.1 Å². The van der Waals surface area contributed by atoms with Crippen molar-refractivity contribution in [2.45, 2.75) is 4.90 Å². The summed E-state index contributed by atoms with van der Waals surface area (Å²) in [7, 11) is -2.59. The third-order valence-electron chi connectivity index (χ3n) is 5.33. The highest BCUT2D eigenvalue weighted by Crippen LogP contribution is 2.30. The molecule has 0 aliphatic carbocycles. The first kappa shape index (κ1) is 22.3. The Morgan fingerprint density at radius 2 is 1.71 bits per heavy atom. The number of sulfonamides is 1. The van der Waals surface area contributed by atoms with Crippen LogP contribution in [0.15, 0.2) is 114 Å². The fraction of sp³-hybridized carbons (Fsp3) is 0.0385. The van der Waals surface area contributed by atoms with Crippen molar-refractivity contribution in [1.29, 1.82) is 0 Å². The van der Waals surface area contributed by atoms with Crippen molar-refractivity contribution < 1.29 is 13.2 Å². The average molecular weight is 484 g/mol. The van der Waals surface area contributed by atoms with Gasteiger partial charge in [-0.3, -0.25) is 9.38 Å². The summed E-state index contributed by atoms with van der Waals surface area (Å²) in [5.74, 6) is 0.758. The van der Waals surface area contributed by atoms with E-state index in [1.807, 2.05) is 53.1 Å². The van der Waals surface area contributed by atoms with Crippen LogP contribution in [-0.2, 0) is 10.0 Å². The number of hydrogen-bond donors (Lipinski definition) is 0. The Morgan fingerprint density at radius 1 is 0.914 bits per heavy atom. The SMILES string of the molecule is CN(/N=C/c1cnc2ccc(-c3cccnc3)cn12)S(=O)(=O)c1ccccc1Oc1ccccc1. The molecule has 3 heterocycles. The molecule has 0 aliphatic rings. The molecule has 0 N–H and O–H groups in total. The minimum absolute atomic E-state index is 0.0144. The Kier molecular flexibility index (Phi) is 5.99. The van der Waals surface area contributed by atoms with Crippen LogP contribution in [-0.4, -0.2) is 40.5 Å². The Morgan fingerprint density at radius 3 is 2.51 bits per heavy atom. The lowest BCUT2D eigenvalue weighted by atomic mass is 10.1. The van der Waals surface area contributed by atoms with E-state index < -0.39 is 10.0 Å². The number of benzene rings is 2. The van der Waals surface area contributed by atoms with Gasteiger partial charge in [-0.2, -0.15) is 17.9 Å². The maximum Gasteiger partial charge on any atom is 0.282 e. The van der Waals surface area contributed by atoms with Gasteiger partial charge in [-0.25, -0.2) is 4.98 Å². The van der Waals surface area contributed by atoms with Crippen molar-refractivity contribution in [2.75, 3.05) is 7.05 Å². The van der Waals surface area contributed by atoms with E-state index in [4.69, 9.17) is 4.74 Å². The Hall–Kier alpha value is -4.50. The molecule has 5 aromatic rings. The van der Waals surface area contributed by atoms with Crippen LogP contribution >= 0.6 is 0 Å². The Bertz CT molecular complexity index is 1600. The molecule has 35 heavy (non-hydrogen) atoms. The summed E-state index contributed by atoms with van der Waals surface area (Å²) in [6.07, 6.45) is 8.51. The van der Waals surface area contributed by atoms with Crippen LogP contribution in [0.5, 0.6) is 11.5 Å². The first-order valence-corrected chi connectivity index (χ1v) is 12.2. The second-order valence-corrected chi connectivity index (χ2v) is 9.53. The molecule has 0 amide bonds. The molecule has 2 aromatic carbocycles. The first-order valence-electron chi connectivity index (χ1n) is 10.7. The van der Waals surface area contributed by atoms with Crippen LogP contribution in [0.2, 0.25) is 0 Å². The predicted molar refractivity (Wildman–Crippen MR) is 134 cm³/mol. The predicted octanol–water partition coefficient (Wildman–Crippen LogP) is 4.84. The number of ether oxygens (including phenoxy) is 1. The Balaban J connectivity index is 1.43. The zero-order valence-corrected chi connectivity index (χ0v) is 19.6. The van der Waals surface area contributed by atoms with Crippen molar-refractivity contribution in [2.24, 2.45) is 5.10 Å². The second-order valence-electron chi connectivity index (χ2n) is 7.62. The summed E-state index contributed by atoms with van der Waals surface area (Å²) in [4.78, 5) is 8.56. The fourth-order valence-electron chi connectivity index (χ4n) is 3.51. The zero-order chi connectivity index (χ0) is 24.3. The van der Waals surface area contributed by atoms with E-state index in [1.54, 1.807) is 48.9 Å². The highest BCUT2D eigenvalue weighted by atomic mass is 32.2. The number of rotatable bonds is 7. The summed E-state index contributed by atoms with van der Waals surface area (Å²) < 4.78 is 35.2. The van der Waals surface area contributed by atoms with Crippen LogP contribution in [0.25, 0.3) is 16.8 Å². The van der Waals surface area contributed by atoms with Gasteiger partial charge in [0.05, 0.1) is 18.1 Å². The largest absolute Gasteiger partial charge is 0.456 e. The zero-order valence-electron chi connectivity index (χ0n) is 18.8. The molecule has 8 nitrogen and oxygen atoms in total. The second kappa shape index (κ2) is 9.40. The van der Waals surface area contributed by atoms with Gasteiger partial charge in [0.2, 0.25) is 0 Å². The van der Waals surface area contributed by atoms with Crippen LogP contribution in [0.4, 0.5) is 0 Å². The molecule has 0 spiro atoms. The molecule has 9 heteroatoms. The molecule has 0 saturated heterocycles. The number of pyridine rings is 2. The van der Waals surface area contributed by atoms with E-state index >= 15 is 0 Å². The van der Waals surface area contributed by atoms with Gasteiger partial charge in [0.25, 0.3) is 10.0 Å². The quantitative estimate of drug-likeness (QED) is 0.244. The summed E-state index contributed by atoms with van der Waals surface area (Å²) in [5, 5.41) is 4.21. The summed E-state index contributed by atoms with van der Waals surface area (Å²) in [6.45, 7) is 0. The van der Waals surface area contributed by atoms with Gasteiger partial charge < -0.3 is 4.74 Å². The number of nitrogens with zero attached hydrogens (tertiary/aromatic N) is 5. The van der Waals surface area contributed by atoms with Crippen molar-refractivity contribution >= 4 is 21.9 Å². The normalized spacial score (nSPS) is 11.7. The third kappa shape index (κ3) is 4.62. The fourth-order valence-corrected chi connectivity index (χ4v) is 4.58. The topological polar surface area (TPSA) is 89.2 Å². The number of hydrogen-bond acceptors (Lipinski definition) is 6. The van der Waals surface area contributed by atoms with Gasteiger partial charge in [0.1, 0.15) is 22.0 Å². The minimum atomic E-state index is -3.97. The molecule has 0 atom stereocenters. The van der Waals surface area contributed by atoms with Crippen molar-refractivity contribution in [3.05, 3.63) is 109 Å². The van der Waals surface area contributed by atoms with Crippen LogP contribution in [0, 0.1) is 0 Å². The summed E-state index contributed by atoms with van der Waals surface area (Å²) in [5.41, 5.74) is 3.25. The van der Waals surface area contributed by atoms with Gasteiger partial charge in [-0.15, -0.1) is 0 Å². The molecule has 3 aromatic heterocycles. The molecule has 174 valence electrons. The molecular weight excluding hydrogens is 462 g/mol. The van der Waals surface area contributed by atoms with E-state index in [9.17, 15) is 8.42 Å². The smallest absolute Gasteiger partial charge is 0.282 e. The molecule has 5 rings (SSSR count). The molecule has 0 unspecified atom stereocenters. The van der Waals surface area contributed by atoms with Gasteiger partial charge in [-0.05, 0) is 42.5 Å². The molecule has 0 bridgehead atoms. The van der Waals surface area contributed by atoms with Crippen molar-refractivity contribution in [1.82, 2.24) is 18.8 Å². The molecule has 0 radical (unpaired) electrons. The maximum atomic E-state index is 13.3. The molecule has 0 fully saturated rings. The maximum absolute atomic E-state index is 13.3. The van der Waals surface area contributed by atoms with E-state index in [1.165, 1.54) is 19.3 Å². The van der Waals surface area contributed by atoms with Crippen LogP contribution in [0.3, 0.4) is 0 Å². The van der Waals surface area contributed by atoms with Crippen LogP contribution in [0.1, 0.15) is 5.69 Å². The first-order chi connectivity index (χ1) is 17.0. The van der Waals surface area contributed by atoms with E-state index in [-0.39, 0.29) is 10.6 Å². The summed E-state index contributed by atoms with van der Waals surface area (Å²) >= 11 is 0. The number of imidazole rings is 1. The van der Waals surface area contributed by atoms with Crippen molar-refractivity contribution in [3.8, 4) is 22.6 Å². The lowest BCUT2D eigenvalue weighted by Gasteiger charge is -2.16. The number of aromatic nitrogens is 3. The van der Waals surface area contributed by atoms with Gasteiger partial charge in [0, 0.05) is 36.8 Å². The van der Waals surface area contributed by atoms with Crippen molar-refractivity contribution in [3.63, 3.8) is 0 Å². The third-order valence-corrected chi connectivity index (χ3v) is 7.01. The highest BCUT2D eigenvalue weighted by Gasteiger charge is 2.24. The lowest BCUT2D eigenvalue weighted by molar-refractivity contribution is 0.454. The highest BCUT2D eigenvalue weighted by molar-refractivity contribution is 7.89. The lowest BCUT2D eigenvalue weighted by Crippen LogP contribution is -2.22. The monoisotopic (exact) mass is 483 g/mol. The minimum Gasteiger partial charge on any atom is -0.456 e. The van der Waals surface area contributed by atoms with Gasteiger partial charge in [0.15, 0.2) is 0 Å². The van der Waals surface area contributed by atoms with Gasteiger partial charge >= 0.3 is 0 Å². The molecular formula is C26H21N5O3S. The standard InChI is InChI=1S/C26H21N5O3S/c1-30(35(32,33)25-12-6-5-11-24(25)34-23-9-3-2-4-10-23)29-18-22-17-28-26-14-13-21(19-31(22)26)20-8-7-15-27-16-20/h2-19H,1H3/b29-18+. The molecule has 0 saturated carbocycles. The van der Waals surface area contributed by atoms with Crippen LogP contribution < -0.4 is 4.74 Å². The van der Waals surface area contributed by atoms with E-state index in [0.717, 1.165) is 15.5 Å². The average Bonchev–Trinajstić information content (AvgIpc) is 3.31. The number of fused-ring (bicyclic) bond motifs is 1. The Labute approximate surface area is 202 Å². The number of para-hydroxylation sites is 2.